The number of ether oxygens (including phenoxy) is 1. The maximum Gasteiger partial charge on any atom is 0.251 e. The minimum absolute atomic E-state index is 0.0787. The third kappa shape index (κ3) is 4.61. The quantitative estimate of drug-likeness (QED) is 0.431. The van der Waals surface area contributed by atoms with Crippen molar-refractivity contribution < 1.29 is 9.53 Å². The molecule has 2 heterocycles. The lowest BCUT2D eigenvalue weighted by molar-refractivity contribution is 0.0574. The van der Waals surface area contributed by atoms with Crippen LogP contribution >= 0.6 is 0 Å². The van der Waals surface area contributed by atoms with E-state index in [4.69, 9.17) is 15.6 Å². The zero-order valence-electron chi connectivity index (χ0n) is 20.1. The number of carbonyl (C=O) groups excluding carboxylic acids is 1. The van der Waals surface area contributed by atoms with E-state index in [9.17, 15) is 4.79 Å². The number of rotatable bonds is 6. The van der Waals surface area contributed by atoms with Crippen LogP contribution in [0.3, 0.4) is 0 Å². The third-order valence-corrected chi connectivity index (χ3v) is 6.91. The highest BCUT2D eigenvalue weighted by Gasteiger charge is 2.26. The standard InChI is InChI=1S/C27H30N6O2/c1-17-5-3-4-6-22(17)27(34)29-15-18-7-9-19(10-8-18)24-23-25(28)30-16-31-26(23)33(32-24)20-11-13-21(35-2)14-12-20/h3-10,16,20-21H,11-15H2,1-2H3,(H,29,34)(H2,28,30,31). The number of nitrogens with two attached hydrogens (primary N) is 1. The van der Waals surface area contributed by atoms with Crippen LogP contribution in [0.25, 0.3) is 22.3 Å². The Morgan fingerprint density at radius 2 is 1.83 bits per heavy atom. The van der Waals surface area contributed by atoms with Crippen LogP contribution in [0.15, 0.2) is 54.9 Å². The molecule has 0 radical (unpaired) electrons. The number of amides is 1. The average Bonchev–Trinajstić information content (AvgIpc) is 3.29. The van der Waals surface area contributed by atoms with Gasteiger partial charge in [-0.3, -0.25) is 4.79 Å². The van der Waals surface area contributed by atoms with Crippen molar-refractivity contribution in [3.8, 4) is 11.3 Å². The van der Waals surface area contributed by atoms with E-state index < -0.39 is 0 Å². The number of methoxy groups -OCH3 is 1. The highest BCUT2D eigenvalue weighted by Crippen LogP contribution is 2.36. The fraction of sp³-hybridized carbons (Fsp3) is 0.333. The fourth-order valence-corrected chi connectivity index (χ4v) is 4.86. The Bertz CT molecular complexity index is 1340. The van der Waals surface area contributed by atoms with Gasteiger partial charge in [-0.25, -0.2) is 14.6 Å². The monoisotopic (exact) mass is 470 g/mol. The summed E-state index contributed by atoms with van der Waals surface area (Å²) >= 11 is 0. The zero-order chi connectivity index (χ0) is 24.4. The lowest BCUT2D eigenvalue weighted by Gasteiger charge is -2.27. The Labute approximate surface area is 204 Å². The van der Waals surface area contributed by atoms with E-state index in [1.807, 2.05) is 60.1 Å². The van der Waals surface area contributed by atoms with E-state index in [-0.39, 0.29) is 11.9 Å². The van der Waals surface area contributed by atoms with Gasteiger partial charge in [0.25, 0.3) is 5.91 Å². The molecule has 1 aliphatic carbocycles. The first-order valence-corrected chi connectivity index (χ1v) is 12.0. The number of carbonyl (C=O) groups is 1. The van der Waals surface area contributed by atoms with Gasteiger partial charge in [0.15, 0.2) is 5.65 Å². The Hall–Kier alpha value is -3.78. The van der Waals surface area contributed by atoms with Crippen molar-refractivity contribution in [2.75, 3.05) is 12.8 Å². The van der Waals surface area contributed by atoms with E-state index in [1.54, 1.807) is 7.11 Å². The number of anilines is 1. The lowest BCUT2D eigenvalue weighted by Crippen LogP contribution is -2.23. The predicted octanol–water partition coefficient (Wildman–Crippen LogP) is 4.44. The van der Waals surface area contributed by atoms with Gasteiger partial charge in [-0.1, -0.05) is 42.5 Å². The number of nitrogens with zero attached hydrogens (tertiary/aromatic N) is 4. The van der Waals surface area contributed by atoms with Crippen molar-refractivity contribution >= 4 is 22.8 Å². The molecule has 1 amide bonds. The van der Waals surface area contributed by atoms with Gasteiger partial charge in [-0.2, -0.15) is 5.10 Å². The molecule has 5 rings (SSSR count). The van der Waals surface area contributed by atoms with Gasteiger partial charge in [0.2, 0.25) is 0 Å². The van der Waals surface area contributed by atoms with E-state index in [1.165, 1.54) is 6.33 Å². The lowest BCUT2D eigenvalue weighted by atomic mass is 9.93. The van der Waals surface area contributed by atoms with E-state index in [0.29, 0.717) is 24.0 Å². The van der Waals surface area contributed by atoms with Crippen molar-refractivity contribution in [3.63, 3.8) is 0 Å². The number of aryl methyl sites for hydroxylation is 1. The van der Waals surface area contributed by atoms with Crippen molar-refractivity contribution in [1.29, 1.82) is 0 Å². The van der Waals surface area contributed by atoms with Crippen LogP contribution < -0.4 is 11.1 Å². The number of nitrogens with one attached hydrogen (secondary N) is 1. The normalized spacial score (nSPS) is 18.0. The Morgan fingerprint density at radius 3 is 2.54 bits per heavy atom. The number of fused-ring (bicyclic) bond motifs is 1. The van der Waals surface area contributed by atoms with Gasteiger partial charge in [0.1, 0.15) is 17.8 Å². The summed E-state index contributed by atoms with van der Waals surface area (Å²) < 4.78 is 7.55. The SMILES string of the molecule is COC1CCC(n2nc(-c3ccc(CNC(=O)c4ccccc4C)cc3)c3c(N)ncnc32)CC1. The number of aromatic nitrogens is 4. The molecule has 8 heteroatoms. The van der Waals surface area contributed by atoms with Crippen LogP contribution in [-0.2, 0) is 11.3 Å². The summed E-state index contributed by atoms with van der Waals surface area (Å²) in [6.07, 6.45) is 5.78. The van der Waals surface area contributed by atoms with Gasteiger partial charge >= 0.3 is 0 Å². The minimum atomic E-state index is -0.0787. The van der Waals surface area contributed by atoms with Crippen molar-refractivity contribution in [1.82, 2.24) is 25.1 Å². The van der Waals surface area contributed by atoms with Crippen molar-refractivity contribution in [2.45, 2.75) is 51.3 Å². The highest BCUT2D eigenvalue weighted by atomic mass is 16.5. The second-order valence-corrected chi connectivity index (χ2v) is 9.11. The molecule has 2 aromatic carbocycles. The molecular formula is C27H30N6O2. The topological polar surface area (TPSA) is 108 Å². The van der Waals surface area contributed by atoms with Gasteiger partial charge in [-0.05, 0) is 49.8 Å². The highest BCUT2D eigenvalue weighted by molar-refractivity contribution is 5.98. The molecule has 0 saturated heterocycles. The van der Waals surface area contributed by atoms with Crippen LogP contribution in [0.1, 0.15) is 53.2 Å². The second-order valence-electron chi connectivity index (χ2n) is 9.11. The molecule has 8 nitrogen and oxygen atoms in total. The smallest absolute Gasteiger partial charge is 0.251 e. The van der Waals surface area contributed by atoms with Crippen LogP contribution in [0.4, 0.5) is 5.82 Å². The summed E-state index contributed by atoms with van der Waals surface area (Å²) in [4.78, 5) is 21.3. The zero-order valence-corrected chi connectivity index (χ0v) is 20.1. The first-order chi connectivity index (χ1) is 17.0. The summed E-state index contributed by atoms with van der Waals surface area (Å²) in [5, 5.41) is 8.75. The molecule has 3 N–H and O–H groups in total. The molecule has 0 bridgehead atoms. The minimum Gasteiger partial charge on any atom is -0.383 e. The number of nitrogen functional groups attached to an aromatic ring is 1. The molecule has 0 aliphatic heterocycles. The predicted molar refractivity (Wildman–Crippen MR) is 136 cm³/mol. The fourth-order valence-electron chi connectivity index (χ4n) is 4.86. The van der Waals surface area contributed by atoms with Crippen LogP contribution in [0.2, 0.25) is 0 Å². The van der Waals surface area contributed by atoms with Crippen LogP contribution in [0, 0.1) is 6.92 Å². The van der Waals surface area contributed by atoms with E-state index >= 15 is 0 Å². The number of hydrogen-bond acceptors (Lipinski definition) is 6. The summed E-state index contributed by atoms with van der Waals surface area (Å²) in [5.41, 5.74) is 11.4. The molecule has 1 saturated carbocycles. The molecule has 0 atom stereocenters. The van der Waals surface area contributed by atoms with Crippen molar-refractivity contribution in [3.05, 3.63) is 71.5 Å². The van der Waals surface area contributed by atoms with Gasteiger partial charge < -0.3 is 15.8 Å². The number of hydrogen-bond donors (Lipinski definition) is 2. The molecule has 1 fully saturated rings. The molecule has 35 heavy (non-hydrogen) atoms. The van der Waals surface area contributed by atoms with Gasteiger partial charge in [-0.15, -0.1) is 0 Å². The Morgan fingerprint density at radius 1 is 1.09 bits per heavy atom. The van der Waals surface area contributed by atoms with Gasteiger partial charge in [0, 0.05) is 24.8 Å². The second kappa shape index (κ2) is 9.84. The molecule has 0 unspecified atom stereocenters. The largest absolute Gasteiger partial charge is 0.383 e. The van der Waals surface area contributed by atoms with Crippen LogP contribution in [-0.4, -0.2) is 38.9 Å². The maximum atomic E-state index is 12.5. The number of benzene rings is 2. The van der Waals surface area contributed by atoms with E-state index in [0.717, 1.165) is 59.1 Å². The van der Waals surface area contributed by atoms with E-state index in [2.05, 4.69) is 15.3 Å². The van der Waals surface area contributed by atoms with Crippen molar-refractivity contribution in [2.24, 2.45) is 0 Å². The van der Waals surface area contributed by atoms with Gasteiger partial charge in [0.05, 0.1) is 17.5 Å². The molecule has 4 aromatic rings. The first kappa shape index (κ1) is 23.0. The molecular weight excluding hydrogens is 440 g/mol. The molecule has 0 spiro atoms. The molecule has 180 valence electrons. The average molecular weight is 471 g/mol. The Balaban J connectivity index is 1.38. The summed E-state index contributed by atoms with van der Waals surface area (Å²) in [6.45, 7) is 2.38. The molecule has 1 aliphatic rings. The summed E-state index contributed by atoms with van der Waals surface area (Å²) in [6, 6.07) is 15.9. The Kier molecular flexibility index (Phi) is 6.46. The first-order valence-electron chi connectivity index (χ1n) is 12.0. The third-order valence-electron chi connectivity index (χ3n) is 6.91. The molecule has 2 aromatic heterocycles. The maximum absolute atomic E-state index is 12.5. The van der Waals surface area contributed by atoms with Crippen LogP contribution in [0.5, 0.6) is 0 Å². The summed E-state index contributed by atoms with van der Waals surface area (Å²) in [7, 11) is 1.78. The summed E-state index contributed by atoms with van der Waals surface area (Å²) in [5.74, 6) is 0.349.